The van der Waals surface area contributed by atoms with Gasteiger partial charge in [0.05, 0.1) is 6.42 Å². The molecule has 5 nitrogen and oxygen atoms in total. The number of rotatable bonds is 6. The van der Waals surface area contributed by atoms with Crippen LogP contribution in [-0.4, -0.2) is 47.6 Å². The van der Waals surface area contributed by atoms with Crippen molar-refractivity contribution in [2.45, 2.75) is 31.7 Å². The van der Waals surface area contributed by atoms with Gasteiger partial charge in [0.2, 0.25) is 5.91 Å². The largest absolute Gasteiger partial charge is 0.481 e. The summed E-state index contributed by atoms with van der Waals surface area (Å²) in [6, 6.07) is 0.434. The van der Waals surface area contributed by atoms with Gasteiger partial charge in [0, 0.05) is 32.1 Å². The second-order valence-corrected chi connectivity index (χ2v) is 4.82. The zero-order valence-corrected chi connectivity index (χ0v) is 9.32. The summed E-state index contributed by atoms with van der Waals surface area (Å²) < 4.78 is 0. The van der Waals surface area contributed by atoms with E-state index in [1.165, 1.54) is 0 Å². The van der Waals surface area contributed by atoms with Crippen molar-refractivity contribution < 1.29 is 14.7 Å². The van der Waals surface area contributed by atoms with Gasteiger partial charge in [0.25, 0.3) is 0 Å². The lowest BCUT2D eigenvalue weighted by molar-refractivity contribution is -0.139. The second kappa shape index (κ2) is 4.82. The van der Waals surface area contributed by atoms with Crippen molar-refractivity contribution in [2.75, 3.05) is 19.6 Å². The van der Waals surface area contributed by atoms with E-state index in [9.17, 15) is 9.59 Å². The molecule has 1 saturated heterocycles. The van der Waals surface area contributed by atoms with Gasteiger partial charge in [0.1, 0.15) is 0 Å². The van der Waals surface area contributed by atoms with Crippen LogP contribution in [0.25, 0.3) is 0 Å². The molecule has 0 aromatic rings. The van der Waals surface area contributed by atoms with E-state index in [0.29, 0.717) is 12.5 Å². The highest BCUT2D eigenvalue weighted by Gasteiger charge is 2.29. The van der Waals surface area contributed by atoms with Crippen LogP contribution in [0, 0.1) is 5.92 Å². The van der Waals surface area contributed by atoms with Gasteiger partial charge in [-0.05, 0) is 18.8 Å². The van der Waals surface area contributed by atoms with E-state index < -0.39 is 5.97 Å². The molecule has 5 heteroatoms. The second-order valence-electron chi connectivity index (χ2n) is 4.82. The highest BCUT2D eigenvalue weighted by Crippen LogP contribution is 2.20. The van der Waals surface area contributed by atoms with E-state index in [0.717, 1.165) is 32.5 Å². The Morgan fingerprint density at radius 3 is 2.56 bits per heavy atom. The molecular weight excluding hydrogens is 208 g/mol. The zero-order valence-electron chi connectivity index (χ0n) is 9.32. The number of carbonyl (C=O) groups excluding carboxylic acids is 1. The zero-order chi connectivity index (χ0) is 11.5. The van der Waals surface area contributed by atoms with Crippen LogP contribution >= 0.6 is 0 Å². The summed E-state index contributed by atoms with van der Waals surface area (Å²) in [7, 11) is 0. The monoisotopic (exact) mass is 226 g/mol. The minimum atomic E-state index is -0.726. The number of hydrogen-bond donors (Lipinski definition) is 2. The Kier molecular flexibility index (Phi) is 3.43. The van der Waals surface area contributed by atoms with E-state index in [1.54, 1.807) is 0 Å². The minimum absolute atomic E-state index is 0.129. The number of likely N-dealkylation sites (tertiary alicyclic amines) is 1. The van der Waals surface area contributed by atoms with Gasteiger partial charge in [-0.3, -0.25) is 9.59 Å². The number of carboxylic acid groups (broad SMARTS) is 1. The van der Waals surface area contributed by atoms with Crippen LogP contribution in [0.3, 0.4) is 0 Å². The summed E-state index contributed by atoms with van der Waals surface area (Å²) in [6.07, 6.45) is 3.04. The molecule has 0 aromatic carbocycles. The van der Waals surface area contributed by atoms with Crippen LogP contribution in [0.4, 0.5) is 0 Å². The molecule has 0 atom stereocenters. The Morgan fingerprint density at radius 2 is 2.00 bits per heavy atom. The topological polar surface area (TPSA) is 69.6 Å². The first-order valence-corrected chi connectivity index (χ1v) is 5.87. The SMILES string of the molecule is O=C(O)CC1CN(CCC(=O)NC2CC2)C1. The number of carboxylic acids is 1. The quantitative estimate of drug-likeness (QED) is 0.672. The third-order valence-electron chi connectivity index (χ3n) is 3.09. The molecule has 1 heterocycles. The highest BCUT2D eigenvalue weighted by molar-refractivity contribution is 5.76. The van der Waals surface area contributed by atoms with Gasteiger partial charge in [-0.15, -0.1) is 0 Å². The van der Waals surface area contributed by atoms with Gasteiger partial charge in [-0.2, -0.15) is 0 Å². The Hall–Kier alpha value is -1.10. The lowest BCUT2D eigenvalue weighted by Gasteiger charge is -2.38. The van der Waals surface area contributed by atoms with E-state index in [1.807, 2.05) is 0 Å². The normalized spacial score (nSPS) is 21.5. The Morgan fingerprint density at radius 1 is 1.31 bits per heavy atom. The van der Waals surface area contributed by atoms with Crippen molar-refractivity contribution in [1.82, 2.24) is 10.2 Å². The summed E-state index contributed by atoms with van der Waals surface area (Å²) in [5, 5.41) is 11.5. The van der Waals surface area contributed by atoms with E-state index in [2.05, 4.69) is 10.2 Å². The number of nitrogens with one attached hydrogen (secondary N) is 1. The predicted molar refractivity (Wildman–Crippen MR) is 58.0 cm³/mol. The number of aliphatic carboxylic acids is 1. The fourth-order valence-corrected chi connectivity index (χ4v) is 2.02. The van der Waals surface area contributed by atoms with Crippen LogP contribution in [0.2, 0.25) is 0 Å². The van der Waals surface area contributed by atoms with Crippen molar-refractivity contribution in [1.29, 1.82) is 0 Å². The summed E-state index contributed by atoms with van der Waals surface area (Å²) in [5.41, 5.74) is 0. The molecule has 1 aliphatic heterocycles. The standard InChI is InChI=1S/C11H18N2O3/c14-10(12-9-1-2-9)3-4-13-6-8(7-13)5-11(15)16/h8-9H,1-7H2,(H,12,14)(H,15,16). The van der Waals surface area contributed by atoms with E-state index in [-0.39, 0.29) is 18.2 Å². The van der Waals surface area contributed by atoms with Crippen molar-refractivity contribution >= 4 is 11.9 Å². The van der Waals surface area contributed by atoms with Crippen molar-refractivity contribution in [3.8, 4) is 0 Å². The lowest BCUT2D eigenvalue weighted by Crippen LogP contribution is -2.48. The lowest BCUT2D eigenvalue weighted by atomic mass is 9.96. The molecule has 2 N–H and O–H groups in total. The highest BCUT2D eigenvalue weighted by atomic mass is 16.4. The number of nitrogens with zero attached hydrogens (tertiary/aromatic N) is 1. The molecule has 2 fully saturated rings. The number of hydrogen-bond acceptors (Lipinski definition) is 3. The van der Waals surface area contributed by atoms with Crippen LogP contribution in [-0.2, 0) is 9.59 Å². The molecule has 0 spiro atoms. The molecule has 1 saturated carbocycles. The third-order valence-corrected chi connectivity index (χ3v) is 3.09. The fourth-order valence-electron chi connectivity index (χ4n) is 2.02. The molecule has 2 rings (SSSR count). The van der Waals surface area contributed by atoms with Crippen LogP contribution in [0.1, 0.15) is 25.7 Å². The first-order valence-electron chi connectivity index (χ1n) is 5.87. The molecule has 0 aromatic heterocycles. The first-order chi connectivity index (χ1) is 7.63. The van der Waals surface area contributed by atoms with Gasteiger partial charge in [-0.25, -0.2) is 0 Å². The van der Waals surface area contributed by atoms with Crippen LogP contribution < -0.4 is 5.32 Å². The summed E-state index contributed by atoms with van der Waals surface area (Å²) in [4.78, 5) is 23.9. The van der Waals surface area contributed by atoms with Crippen LogP contribution in [0.5, 0.6) is 0 Å². The van der Waals surface area contributed by atoms with Crippen molar-refractivity contribution in [3.05, 3.63) is 0 Å². The van der Waals surface area contributed by atoms with Crippen LogP contribution in [0.15, 0.2) is 0 Å². The summed E-state index contributed by atoms with van der Waals surface area (Å²) >= 11 is 0. The molecule has 1 amide bonds. The molecule has 1 aliphatic carbocycles. The average molecular weight is 226 g/mol. The minimum Gasteiger partial charge on any atom is -0.481 e. The van der Waals surface area contributed by atoms with Crippen molar-refractivity contribution in [3.63, 3.8) is 0 Å². The number of carbonyl (C=O) groups is 2. The summed E-state index contributed by atoms with van der Waals surface area (Å²) in [5.74, 6) is -0.315. The molecule has 2 aliphatic rings. The third kappa shape index (κ3) is 3.48. The fraction of sp³-hybridized carbons (Fsp3) is 0.818. The maximum Gasteiger partial charge on any atom is 0.303 e. The molecule has 90 valence electrons. The van der Waals surface area contributed by atoms with E-state index >= 15 is 0 Å². The van der Waals surface area contributed by atoms with Crippen molar-refractivity contribution in [2.24, 2.45) is 5.92 Å². The first kappa shape index (κ1) is 11.4. The molecule has 0 bridgehead atoms. The van der Waals surface area contributed by atoms with Gasteiger partial charge >= 0.3 is 5.97 Å². The smallest absolute Gasteiger partial charge is 0.303 e. The maximum absolute atomic E-state index is 11.4. The van der Waals surface area contributed by atoms with E-state index in [4.69, 9.17) is 5.11 Å². The molecule has 0 unspecified atom stereocenters. The van der Waals surface area contributed by atoms with Gasteiger partial charge in [0.15, 0.2) is 0 Å². The maximum atomic E-state index is 11.4. The molecular formula is C11H18N2O3. The van der Waals surface area contributed by atoms with Gasteiger partial charge in [-0.1, -0.05) is 0 Å². The Bertz CT molecular complexity index is 283. The summed E-state index contributed by atoms with van der Waals surface area (Å²) in [6.45, 7) is 2.40. The average Bonchev–Trinajstić information content (AvgIpc) is 2.91. The van der Waals surface area contributed by atoms with Gasteiger partial charge < -0.3 is 15.3 Å². The Balaban J connectivity index is 1.52. The Labute approximate surface area is 94.8 Å². The molecule has 16 heavy (non-hydrogen) atoms. The molecule has 0 radical (unpaired) electrons. The number of amides is 1. The predicted octanol–water partition coefficient (Wildman–Crippen LogP) is 0.0616.